The summed E-state index contributed by atoms with van der Waals surface area (Å²) < 4.78 is 25.6. The lowest BCUT2D eigenvalue weighted by molar-refractivity contribution is 0.190. The Balaban J connectivity index is 1.53. The molecule has 8 nitrogen and oxygen atoms in total. The van der Waals surface area contributed by atoms with E-state index in [9.17, 15) is 9.18 Å². The lowest BCUT2D eigenvalue weighted by Gasteiger charge is -2.32. The Labute approximate surface area is 193 Å². The maximum absolute atomic E-state index is 13.8. The van der Waals surface area contributed by atoms with E-state index in [0.717, 1.165) is 38.0 Å². The number of pyridine rings is 2. The summed E-state index contributed by atoms with van der Waals surface area (Å²) in [4.78, 5) is 18.8. The predicted molar refractivity (Wildman–Crippen MR) is 127 cm³/mol. The Hall–Kier alpha value is -3.17. The second kappa shape index (κ2) is 11.6. The molecule has 1 saturated heterocycles. The Morgan fingerprint density at radius 1 is 1.33 bits per heavy atom. The molecule has 0 aliphatic carbocycles. The van der Waals surface area contributed by atoms with Gasteiger partial charge in [-0.05, 0) is 49.7 Å². The number of nitrogens with one attached hydrogen (secondary N) is 1. The molecule has 33 heavy (non-hydrogen) atoms. The van der Waals surface area contributed by atoms with E-state index in [0.29, 0.717) is 36.3 Å². The van der Waals surface area contributed by atoms with E-state index in [2.05, 4.69) is 21.8 Å². The first kappa shape index (κ1) is 24.5. The molecule has 0 saturated carbocycles. The van der Waals surface area contributed by atoms with Gasteiger partial charge in [0.15, 0.2) is 5.82 Å². The van der Waals surface area contributed by atoms with Gasteiger partial charge < -0.3 is 30.0 Å². The lowest BCUT2D eigenvalue weighted by atomic mass is 10.0. The fraction of sp³-hybridized carbons (Fsp3) is 0.417. The van der Waals surface area contributed by atoms with Crippen molar-refractivity contribution in [2.75, 3.05) is 39.6 Å². The molecule has 0 atom stereocenters. The average Bonchev–Trinajstić information content (AvgIpc) is 2.83. The zero-order valence-corrected chi connectivity index (χ0v) is 19.2. The summed E-state index contributed by atoms with van der Waals surface area (Å²) in [5, 5.41) is 3.48. The molecule has 3 rings (SSSR count). The molecule has 3 heterocycles. The van der Waals surface area contributed by atoms with Gasteiger partial charge in [-0.3, -0.25) is 4.79 Å². The minimum atomic E-state index is -0.455. The summed E-state index contributed by atoms with van der Waals surface area (Å²) in [5.41, 5.74) is 7.94. The largest absolute Gasteiger partial charge is 0.497 e. The van der Waals surface area contributed by atoms with E-state index < -0.39 is 5.82 Å². The molecule has 1 fully saturated rings. The molecule has 0 unspecified atom stereocenters. The van der Waals surface area contributed by atoms with Crippen LogP contribution in [-0.2, 0) is 17.8 Å². The van der Waals surface area contributed by atoms with Crippen LogP contribution in [-0.4, -0.2) is 54.3 Å². The summed E-state index contributed by atoms with van der Waals surface area (Å²) in [6.45, 7) is 7.35. The second-order valence-corrected chi connectivity index (χ2v) is 7.95. The summed E-state index contributed by atoms with van der Waals surface area (Å²) in [5.74, 6) is 0.0936. The molecular weight excluding hydrogens is 425 g/mol. The highest BCUT2D eigenvalue weighted by Gasteiger charge is 2.19. The number of hydrogen-bond donors (Lipinski definition) is 2. The summed E-state index contributed by atoms with van der Waals surface area (Å²) in [6.07, 6.45) is 6.87. The number of methoxy groups -OCH3 is 2. The van der Waals surface area contributed by atoms with Crippen molar-refractivity contribution in [3.05, 3.63) is 70.2 Å². The molecule has 0 radical (unpaired) electrons. The molecule has 3 N–H and O–H groups in total. The average molecular weight is 458 g/mol. The van der Waals surface area contributed by atoms with Gasteiger partial charge in [0.25, 0.3) is 5.56 Å². The minimum Gasteiger partial charge on any atom is -0.497 e. The van der Waals surface area contributed by atoms with Crippen LogP contribution < -0.4 is 21.3 Å². The number of ether oxygens (including phenoxy) is 2. The quantitative estimate of drug-likeness (QED) is 0.418. The number of nitrogen functional groups attached to an aromatic ring is 1. The number of likely N-dealkylation sites (tertiary alicyclic amines) is 1. The zero-order chi connectivity index (χ0) is 23.8. The molecule has 1 aliphatic rings. The molecule has 0 spiro atoms. The number of nitrogens with two attached hydrogens (primary N) is 1. The molecule has 178 valence electrons. The minimum absolute atomic E-state index is 0.00733. The summed E-state index contributed by atoms with van der Waals surface area (Å²) in [6, 6.07) is 4.89. The van der Waals surface area contributed by atoms with E-state index in [-0.39, 0.29) is 11.4 Å². The first-order valence-electron chi connectivity index (χ1n) is 11.0. The van der Waals surface area contributed by atoms with Crippen molar-refractivity contribution in [1.82, 2.24) is 19.8 Å². The number of nitrogens with zero attached hydrogens (tertiary/aromatic N) is 3. The second-order valence-electron chi connectivity index (χ2n) is 7.95. The van der Waals surface area contributed by atoms with Crippen LogP contribution in [0.5, 0.6) is 5.88 Å². The van der Waals surface area contributed by atoms with Crippen LogP contribution in [0.1, 0.15) is 24.1 Å². The Bertz CT molecular complexity index is 1040. The zero-order valence-electron chi connectivity index (χ0n) is 19.2. The predicted octanol–water partition coefficient (Wildman–Crippen LogP) is 2.40. The number of rotatable bonds is 10. The topological polar surface area (TPSA) is 94.6 Å². The third-order valence-electron chi connectivity index (χ3n) is 5.85. The van der Waals surface area contributed by atoms with Crippen molar-refractivity contribution < 1.29 is 13.9 Å². The molecule has 0 aromatic carbocycles. The number of allylic oxidation sites excluding steroid dienone is 1. The third-order valence-corrected chi connectivity index (χ3v) is 5.85. The smallest absolute Gasteiger partial charge is 0.251 e. The summed E-state index contributed by atoms with van der Waals surface area (Å²) in [7, 11) is 2.95. The first-order chi connectivity index (χ1) is 15.9. The number of piperidine rings is 1. The third kappa shape index (κ3) is 6.43. The lowest BCUT2D eigenvalue weighted by Crippen LogP contribution is -2.43. The van der Waals surface area contributed by atoms with Crippen molar-refractivity contribution in [1.29, 1.82) is 0 Å². The maximum Gasteiger partial charge on any atom is 0.251 e. The molecule has 2 aromatic rings. The van der Waals surface area contributed by atoms with Gasteiger partial charge in [0.2, 0.25) is 5.88 Å². The first-order valence-corrected chi connectivity index (χ1v) is 11.0. The number of anilines is 1. The molecule has 2 aromatic heterocycles. The van der Waals surface area contributed by atoms with Crippen LogP contribution in [0.4, 0.5) is 10.1 Å². The normalized spacial score (nSPS) is 15.4. The maximum atomic E-state index is 13.8. The Morgan fingerprint density at radius 3 is 2.73 bits per heavy atom. The van der Waals surface area contributed by atoms with Gasteiger partial charge in [-0.25, -0.2) is 9.37 Å². The van der Waals surface area contributed by atoms with Crippen LogP contribution in [0.25, 0.3) is 6.08 Å². The highest BCUT2D eigenvalue weighted by atomic mass is 19.1. The van der Waals surface area contributed by atoms with Gasteiger partial charge >= 0.3 is 0 Å². The number of hydrogen-bond acceptors (Lipinski definition) is 7. The monoisotopic (exact) mass is 457 g/mol. The van der Waals surface area contributed by atoms with E-state index >= 15 is 0 Å². The molecule has 9 heteroatoms. The van der Waals surface area contributed by atoms with E-state index in [1.807, 2.05) is 0 Å². The van der Waals surface area contributed by atoms with E-state index in [1.54, 1.807) is 36.1 Å². The van der Waals surface area contributed by atoms with Crippen LogP contribution in [0.15, 0.2) is 47.6 Å². The van der Waals surface area contributed by atoms with E-state index in [4.69, 9.17) is 15.2 Å². The van der Waals surface area contributed by atoms with Gasteiger partial charge in [0, 0.05) is 44.0 Å². The van der Waals surface area contributed by atoms with Crippen molar-refractivity contribution in [3.8, 4) is 5.88 Å². The molecule has 1 aliphatic heterocycles. The van der Waals surface area contributed by atoms with Crippen LogP contribution in [0.3, 0.4) is 0 Å². The number of aromatic nitrogens is 2. The highest BCUT2D eigenvalue weighted by molar-refractivity contribution is 5.63. The van der Waals surface area contributed by atoms with E-state index in [1.165, 1.54) is 19.2 Å². The van der Waals surface area contributed by atoms with Crippen molar-refractivity contribution in [2.45, 2.75) is 32.0 Å². The van der Waals surface area contributed by atoms with Gasteiger partial charge in [0.05, 0.1) is 25.6 Å². The van der Waals surface area contributed by atoms with Crippen molar-refractivity contribution in [3.63, 3.8) is 0 Å². The van der Waals surface area contributed by atoms with Crippen molar-refractivity contribution in [2.24, 2.45) is 0 Å². The van der Waals surface area contributed by atoms with Gasteiger partial charge in [0.1, 0.15) is 5.76 Å². The summed E-state index contributed by atoms with van der Waals surface area (Å²) >= 11 is 0. The van der Waals surface area contributed by atoms with Crippen LogP contribution in [0, 0.1) is 5.82 Å². The molecule has 0 amide bonds. The fourth-order valence-corrected chi connectivity index (χ4v) is 3.91. The van der Waals surface area contributed by atoms with Crippen LogP contribution in [0.2, 0.25) is 0 Å². The fourth-order valence-electron chi connectivity index (χ4n) is 3.91. The molecular formula is C24H32FN5O3. The van der Waals surface area contributed by atoms with Gasteiger partial charge in [-0.1, -0.05) is 6.58 Å². The number of halogens is 1. The van der Waals surface area contributed by atoms with Gasteiger partial charge in [-0.2, -0.15) is 0 Å². The standard InChI is InChI=1S/C24H32FN5O3/c1-4-19(32-2)14-22-21(26)5-6-23(31)30(22)12-11-29-9-7-18(8-10-29)27-15-17-13-20(25)24(33-3)28-16-17/h4-6,13-14,16,18,27H,1,7-12,15,26H2,2-3H3/b19-14+. The van der Waals surface area contributed by atoms with Crippen LogP contribution >= 0.6 is 0 Å². The Morgan fingerprint density at radius 2 is 2.09 bits per heavy atom. The SMILES string of the molecule is C=C/C(=C\c1c(N)ccc(=O)n1CCN1CCC(NCc2cnc(OC)c(F)c2)CC1)OC. The Kier molecular flexibility index (Phi) is 8.62. The highest BCUT2D eigenvalue weighted by Crippen LogP contribution is 2.17. The van der Waals surface area contributed by atoms with Crippen molar-refractivity contribution >= 4 is 11.8 Å². The van der Waals surface area contributed by atoms with Gasteiger partial charge in [-0.15, -0.1) is 0 Å². The molecule has 0 bridgehead atoms.